The summed E-state index contributed by atoms with van der Waals surface area (Å²) in [7, 11) is 0. The first-order chi connectivity index (χ1) is 4.86. The van der Waals surface area contributed by atoms with Crippen LogP contribution in [0.15, 0.2) is 0 Å². The van der Waals surface area contributed by atoms with Gasteiger partial charge in [-0.25, -0.2) is 0 Å². The summed E-state index contributed by atoms with van der Waals surface area (Å²) in [5.41, 5.74) is 0. The zero-order chi connectivity index (χ0) is 6.97. The summed E-state index contributed by atoms with van der Waals surface area (Å²) < 4.78 is 0. The van der Waals surface area contributed by atoms with Gasteiger partial charge in [-0.3, -0.25) is 0 Å². The molecule has 0 aromatic carbocycles. The highest BCUT2D eigenvalue weighted by atomic mass is 32.1. The van der Waals surface area contributed by atoms with Crippen LogP contribution >= 0.6 is 12.6 Å². The Balaban J connectivity index is 1.96. The van der Waals surface area contributed by atoms with Crippen molar-refractivity contribution in [3.05, 3.63) is 0 Å². The van der Waals surface area contributed by atoms with Crippen LogP contribution < -0.4 is 5.32 Å². The van der Waals surface area contributed by atoms with Gasteiger partial charge in [0.15, 0.2) is 0 Å². The second-order valence-corrected chi connectivity index (χ2v) is 4.31. The topological polar surface area (TPSA) is 12.0 Å². The van der Waals surface area contributed by atoms with E-state index < -0.39 is 0 Å². The Morgan fingerprint density at radius 1 is 1.20 bits per heavy atom. The van der Waals surface area contributed by atoms with Crippen LogP contribution in [0, 0.1) is 5.92 Å². The van der Waals surface area contributed by atoms with Gasteiger partial charge < -0.3 is 5.32 Å². The van der Waals surface area contributed by atoms with E-state index in [1.165, 1.54) is 32.2 Å². The predicted molar refractivity (Wildman–Crippen MR) is 46.5 cm³/mol. The first-order valence-corrected chi connectivity index (χ1v) is 4.79. The average Bonchev–Trinajstić information content (AvgIpc) is 2.33. The second-order valence-electron chi connectivity index (χ2n) is 3.58. The molecule has 10 heavy (non-hydrogen) atoms. The third kappa shape index (κ3) is 1.19. The molecule has 0 radical (unpaired) electrons. The molecular formula is C8H15NS. The first-order valence-electron chi connectivity index (χ1n) is 4.28. The zero-order valence-corrected chi connectivity index (χ0v) is 7.11. The minimum atomic E-state index is 0.696. The molecule has 3 unspecified atom stereocenters. The van der Waals surface area contributed by atoms with Crippen LogP contribution in [0.4, 0.5) is 0 Å². The van der Waals surface area contributed by atoms with E-state index in [0.717, 1.165) is 12.0 Å². The highest BCUT2D eigenvalue weighted by Crippen LogP contribution is 2.32. The molecule has 58 valence electrons. The van der Waals surface area contributed by atoms with E-state index in [0.29, 0.717) is 5.25 Å². The normalized spacial score (nSPS) is 47.1. The highest BCUT2D eigenvalue weighted by Gasteiger charge is 2.31. The van der Waals surface area contributed by atoms with Crippen molar-refractivity contribution in [1.82, 2.24) is 5.32 Å². The summed E-state index contributed by atoms with van der Waals surface area (Å²) in [6.07, 6.45) is 5.42. The molecule has 1 aliphatic heterocycles. The maximum absolute atomic E-state index is 4.52. The molecule has 2 heteroatoms. The van der Waals surface area contributed by atoms with Crippen LogP contribution in [0.25, 0.3) is 0 Å². The van der Waals surface area contributed by atoms with Crippen LogP contribution in [-0.2, 0) is 0 Å². The Kier molecular flexibility index (Phi) is 1.92. The number of nitrogens with one attached hydrogen (secondary N) is 1. The van der Waals surface area contributed by atoms with Gasteiger partial charge in [0.25, 0.3) is 0 Å². The lowest BCUT2D eigenvalue weighted by molar-refractivity contribution is 0.334. The lowest BCUT2D eigenvalue weighted by Gasteiger charge is -2.28. The number of thiol groups is 1. The Morgan fingerprint density at radius 2 is 2.10 bits per heavy atom. The number of hydrogen-bond donors (Lipinski definition) is 2. The van der Waals surface area contributed by atoms with E-state index in [9.17, 15) is 0 Å². The van der Waals surface area contributed by atoms with Gasteiger partial charge in [-0.15, -0.1) is 0 Å². The average molecular weight is 157 g/mol. The molecule has 0 aromatic heterocycles. The summed E-state index contributed by atoms with van der Waals surface area (Å²) in [6, 6.07) is 0.850. The molecule has 2 aliphatic rings. The molecular weight excluding hydrogens is 142 g/mol. The van der Waals surface area contributed by atoms with Gasteiger partial charge in [0.05, 0.1) is 0 Å². The Hall–Kier alpha value is 0.310. The maximum Gasteiger partial charge on any atom is 0.00965 e. The molecule has 0 bridgehead atoms. The van der Waals surface area contributed by atoms with Crippen LogP contribution in [-0.4, -0.2) is 17.8 Å². The predicted octanol–water partition coefficient (Wildman–Crippen LogP) is 1.45. The molecule has 1 saturated heterocycles. The molecule has 1 nitrogen and oxygen atoms in total. The molecule has 3 atom stereocenters. The zero-order valence-electron chi connectivity index (χ0n) is 6.21. The van der Waals surface area contributed by atoms with E-state index in [-0.39, 0.29) is 0 Å². The number of fused-ring (bicyclic) bond motifs is 1. The van der Waals surface area contributed by atoms with Gasteiger partial charge in [-0.1, -0.05) is 0 Å². The Bertz CT molecular complexity index is 126. The van der Waals surface area contributed by atoms with Gasteiger partial charge in [0, 0.05) is 11.3 Å². The summed E-state index contributed by atoms with van der Waals surface area (Å²) in [5.74, 6) is 0.955. The van der Waals surface area contributed by atoms with Crippen LogP contribution in [0.2, 0.25) is 0 Å². The third-order valence-corrected chi connectivity index (χ3v) is 3.35. The largest absolute Gasteiger partial charge is 0.314 e. The van der Waals surface area contributed by atoms with Crippen molar-refractivity contribution in [2.24, 2.45) is 5.92 Å². The molecule has 1 saturated carbocycles. The lowest BCUT2D eigenvalue weighted by atomic mass is 9.85. The van der Waals surface area contributed by atoms with Gasteiger partial charge in [0.2, 0.25) is 0 Å². The molecule has 2 fully saturated rings. The summed E-state index contributed by atoms with van der Waals surface area (Å²) in [6.45, 7) is 1.25. The Labute approximate surface area is 68.0 Å². The van der Waals surface area contributed by atoms with E-state index in [4.69, 9.17) is 0 Å². The van der Waals surface area contributed by atoms with Crippen molar-refractivity contribution in [2.75, 3.05) is 6.54 Å². The first kappa shape index (κ1) is 6.99. The van der Waals surface area contributed by atoms with Crippen LogP contribution in [0.1, 0.15) is 25.7 Å². The lowest BCUT2D eigenvalue weighted by Crippen LogP contribution is -2.32. The molecule has 0 aromatic rings. The van der Waals surface area contributed by atoms with E-state index in [1.807, 2.05) is 0 Å². The maximum atomic E-state index is 4.52. The van der Waals surface area contributed by atoms with Crippen molar-refractivity contribution < 1.29 is 0 Å². The second kappa shape index (κ2) is 2.74. The number of rotatable bonds is 0. The summed E-state index contributed by atoms with van der Waals surface area (Å²) >= 11 is 4.52. The van der Waals surface area contributed by atoms with Gasteiger partial charge in [-0.2, -0.15) is 12.6 Å². The van der Waals surface area contributed by atoms with Gasteiger partial charge in [-0.05, 0) is 38.1 Å². The highest BCUT2D eigenvalue weighted by molar-refractivity contribution is 7.80. The minimum Gasteiger partial charge on any atom is -0.314 e. The summed E-state index contributed by atoms with van der Waals surface area (Å²) in [5, 5.41) is 4.24. The van der Waals surface area contributed by atoms with Crippen molar-refractivity contribution in [1.29, 1.82) is 0 Å². The fourth-order valence-corrected chi connectivity index (χ4v) is 2.70. The molecule has 2 rings (SSSR count). The fraction of sp³-hybridized carbons (Fsp3) is 1.00. The van der Waals surface area contributed by atoms with Crippen LogP contribution in [0.3, 0.4) is 0 Å². The fourth-order valence-electron chi connectivity index (χ4n) is 2.28. The summed E-state index contributed by atoms with van der Waals surface area (Å²) in [4.78, 5) is 0. The van der Waals surface area contributed by atoms with E-state index in [1.54, 1.807) is 0 Å². The van der Waals surface area contributed by atoms with Crippen molar-refractivity contribution >= 4 is 12.6 Å². The Morgan fingerprint density at radius 3 is 3.00 bits per heavy atom. The molecule has 1 N–H and O–H groups in total. The van der Waals surface area contributed by atoms with Crippen molar-refractivity contribution in [2.45, 2.75) is 37.0 Å². The van der Waals surface area contributed by atoms with Crippen LogP contribution in [0.5, 0.6) is 0 Å². The SMILES string of the molecule is SC1CCC2NCCC2C1. The van der Waals surface area contributed by atoms with Crippen molar-refractivity contribution in [3.8, 4) is 0 Å². The smallest absolute Gasteiger partial charge is 0.00965 e. The van der Waals surface area contributed by atoms with Crippen molar-refractivity contribution in [3.63, 3.8) is 0 Å². The molecule has 1 heterocycles. The van der Waals surface area contributed by atoms with E-state index >= 15 is 0 Å². The third-order valence-electron chi connectivity index (χ3n) is 2.88. The molecule has 0 amide bonds. The van der Waals surface area contributed by atoms with E-state index in [2.05, 4.69) is 17.9 Å². The minimum absolute atomic E-state index is 0.696. The molecule has 0 spiro atoms. The standard InChI is InChI=1S/C8H15NS/c10-7-1-2-8-6(5-7)3-4-9-8/h6-10H,1-5H2. The quantitative estimate of drug-likeness (QED) is 0.507. The van der Waals surface area contributed by atoms with Gasteiger partial charge >= 0.3 is 0 Å². The monoisotopic (exact) mass is 157 g/mol. The number of hydrogen-bond acceptors (Lipinski definition) is 2. The molecule has 1 aliphatic carbocycles. The van der Waals surface area contributed by atoms with Gasteiger partial charge in [0.1, 0.15) is 0 Å².